The largest absolute Gasteiger partial charge is 0.334 e. The molecular formula is C28H30N2O. The topological polar surface area (TPSA) is 33.2 Å². The molecule has 1 aliphatic heterocycles. The highest BCUT2D eigenvalue weighted by atomic mass is 16.2. The maximum atomic E-state index is 13.4. The Balaban J connectivity index is 1.39. The molecule has 3 heteroatoms. The van der Waals surface area contributed by atoms with Crippen molar-refractivity contribution in [1.29, 1.82) is 0 Å². The summed E-state index contributed by atoms with van der Waals surface area (Å²) in [6.45, 7) is 7.86. The molecule has 5 rings (SSSR count). The third-order valence-corrected chi connectivity index (χ3v) is 6.93. The van der Waals surface area contributed by atoms with Gasteiger partial charge in [0.2, 0.25) is 0 Å². The first-order chi connectivity index (χ1) is 14.8. The molecule has 2 aliphatic rings. The molecule has 0 radical (unpaired) electrons. The lowest BCUT2D eigenvalue weighted by atomic mass is 9.65. The first-order valence-corrected chi connectivity index (χ1v) is 11.3. The summed E-state index contributed by atoms with van der Waals surface area (Å²) in [4.78, 5) is 20.3. The zero-order valence-corrected chi connectivity index (χ0v) is 18.6. The van der Waals surface area contributed by atoms with E-state index >= 15 is 0 Å². The molecular weight excluding hydrogens is 380 g/mol. The van der Waals surface area contributed by atoms with Crippen LogP contribution < -0.4 is 0 Å². The van der Waals surface area contributed by atoms with Crippen LogP contribution in [-0.2, 0) is 0 Å². The number of hydrogen-bond donors (Lipinski definition) is 0. The lowest BCUT2D eigenvalue weighted by Gasteiger charge is -2.39. The summed E-state index contributed by atoms with van der Waals surface area (Å²) < 4.78 is 0. The van der Waals surface area contributed by atoms with Crippen molar-refractivity contribution < 1.29 is 4.79 Å². The second-order valence-electron chi connectivity index (χ2n) is 10.5. The van der Waals surface area contributed by atoms with E-state index < -0.39 is 0 Å². The number of carbonyl (C=O) groups excluding carboxylic acids is 1. The smallest absolute Gasteiger partial charge is 0.272 e. The van der Waals surface area contributed by atoms with E-state index in [-0.39, 0.29) is 11.3 Å². The van der Waals surface area contributed by atoms with Gasteiger partial charge in [0, 0.05) is 18.2 Å². The molecule has 0 N–H and O–H groups in total. The number of aromatic nitrogens is 1. The van der Waals surface area contributed by atoms with E-state index in [2.05, 4.69) is 74.2 Å². The number of nitrogens with zero attached hydrogens (tertiary/aromatic N) is 2. The molecule has 1 saturated heterocycles. The van der Waals surface area contributed by atoms with Crippen LogP contribution in [0, 0.1) is 10.8 Å². The molecule has 3 nitrogen and oxygen atoms in total. The summed E-state index contributed by atoms with van der Waals surface area (Å²) in [6, 6.07) is 24.9. The average molecular weight is 411 g/mol. The number of rotatable bonds is 3. The molecule has 3 aromatic rings. The maximum absolute atomic E-state index is 13.4. The third-order valence-electron chi connectivity index (χ3n) is 6.93. The second-order valence-corrected chi connectivity index (χ2v) is 10.5. The summed E-state index contributed by atoms with van der Waals surface area (Å²) in [5, 5.41) is 0. The molecule has 1 amide bonds. The molecule has 1 aliphatic carbocycles. The van der Waals surface area contributed by atoms with Crippen LogP contribution >= 0.6 is 0 Å². The van der Waals surface area contributed by atoms with E-state index in [9.17, 15) is 4.79 Å². The number of carbonyl (C=O) groups is 1. The van der Waals surface area contributed by atoms with E-state index in [1.54, 1.807) is 0 Å². The Morgan fingerprint density at radius 3 is 2.26 bits per heavy atom. The van der Waals surface area contributed by atoms with Crippen LogP contribution in [0.3, 0.4) is 0 Å². The van der Waals surface area contributed by atoms with Crippen LogP contribution in [-0.4, -0.2) is 28.4 Å². The van der Waals surface area contributed by atoms with Crippen LogP contribution in [0.4, 0.5) is 0 Å². The predicted octanol–water partition coefficient (Wildman–Crippen LogP) is 6.46. The molecule has 31 heavy (non-hydrogen) atoms. The van der Waals surface area contributed by atoms with Gasteiger partial charge in [0.25, 0.3) is 5.91 Å². The second kappa shape index (κ2) is 7.33. The van der Waals surface area contributed by atoms with Crippen LogP contribution in [0.15, 0.2) is 72.8 Å². The standard InChI is InChI=1S/C28H30N2O/c1-27(2)16-23-17-28(3,18-27)19-30(23)26(31)25-11-7-10-24(29-25)22-14-12-21(13-15-22)20-8-5-4-6-9-20/h4-15,23H,16-19H2,1-3H3/t23-,28-/m1/s1. The van der Waals surface area contributed by atoms with Crippen LogP contribution in [0.1, 0.15) is 50.5 Å². The molecule has 2 heterocycles. The summed E-state index contributed by atoms with van der Waals surface area (Å²) >= 11 is 0. The fraction of sp³-hybridized carbons (Fsp3) is 0.357. The molecule has 1 saturated carbocycles. The Morgan fingerprint density at radius 2 is 1.52 bits per heavy atom. The number of fused-ring (bicyclic) bond motifs is 2. The lowest BCUT2D eigenvalue weighted by molar-refractivity contribution is 0.0702. The Morgan fingerprint density at radius 1 is 0.839 bits per heavy atom. The van der Waals surface area contributed by atoms with Crippen LogP contribution in [0.2, 0.25) is 0 Å². The van der Waals surface area contributed by atoms with Crippen molar-refractivity contribution >= 4 is 5.91 Å². The Labute approximate surface area is 185 Å². The molecule has 2 aromatic carbocycles. The minimum Gasteiger partial charge on any atom is -0.334 e. The first kappa shape index (κ1) is 20.0. The summed E-state index contributed by atoms with van der Waals surface area (Å²) in [5.41, 5.74) is 5.33. The minimum absolute atomic E-state index is 0.0779. The van der Waals surface area contributed by atoms with Gasteiger partial charge in [0.15, 0.2) is 0 Å². The van der Waals surface area contributed by atoms with Gasteiger partial charge in [-0.05, 0) is 53.4 Å². The van der Waals surface area contributed by atoms with Gasteiger partial charge in [-0.15, -0.1) is 0 Å². The highest BCUT2D eigenvalue weighted by Gasteiger charge is 2.51. The lowest BCUT2D eigenvalue weighted by Crippen LogP contribution is -2.38. The van der Waals surface area contributed by atoms with Gasteiger partial charge in [-0.3, -0.25) is 4.79 Å². The maximum Gasteiger partial charge on any atom is 0.272 e. The van der Waals surface area contributed by atoms with Gasteiger partial charge in [-0.2, -0.15) is 0 Å². The van der Waals surface area contributed by atoms with E-state index in [1.807, 2.05) is 24.3 Å². The fourth-order valence-electron chi connectivity index (χ4n) is 6.02. The SMILES string of the molecule is CC1(C)C[C@@H]2C[C@@](C)(CN2C(=O)c2cccc(-c3ccc(-c4ccccc4)cc3)n2)C1. The zero-order valence-electron chi connectivity index (χ0n) is 18.6. The van der Waals surface area contributed by atoms with Crippen molar-refractivity contribution in [2.45, 2.75) is 46.1 Å². The van der Waals surface area contributed by atoms with Crippen molar-refractivity contribution in [3.63, 3.8) is 0 Å². The van der Waals surface area contributed by atoms with Crippen molar-refractivity contribution in [3.05, 3.63) is 78.5 Å². The van der Waals surface area contributed by atoms with E-state index in [1.165, 1.54) is 17.5 Å². The summed E-state index contributed by atoms with van der Waals surface area (Å²) in [7, 11) is 0. The van der Waals surface area contributed by atoms with Gasteiger partial charge in [-0.25, -0.2) is 4.98 Å². The molecule has 1 aromatic heterocycles. The van der Waals surface area contributed by atoms with E-state index in [4.69, 9.17) is 4.98 Å². The van der Waals surface area contributed by atoms with Gasteiger partial charge in [0.05, 0.1) is 5.69 Å². The molecule has 158 valence electrons. The van der Waals surface area contributed by atoms with Crippen molar-refractivity contribution in [3.8, 4) is 22.4 Å². The quantitative estimate of drug-likeness (QED) is 0.497. The monoisotopic (exact) mass is 410 g/mol. The Kier molecular flexibility index (Phi) is 4.73. The highest BCUT2D eigenvalue weighted by Crippen LogP contribution is 2.52. The molecule has 0 unspecified atom stereocenters. The number of amides is 1. The number of benzene rings is 2. The molecule has 2 fully saturated rings. The Bertz CT molecular complexity index is 1100. The summed E-state index contributed by atoms with van der Waals surface area (Å²) in [5.74, 6) is 0.0779. The number of likely N-dealkylation sites (tertiary alicyclic amines) is 1. The number of pyridine rings is 1. The molecule has 0 spiro atoms. The molecule has 2 bridgehead atoms. The van der Waals surface area contributed by atoms with Crippen molar-refractivity contribution in [1.82, 2.24) is 9.88 Å². The van der Waals surface area contributed by atoms with Gasteiger partial charge in [-0.1, -0.05) is 81.4 Å². The Hall–Kier alpha value is -2.94. The highest BCUT2D eigenvalue weighted by molar-refractivity contribution is 5.93. The summed E-state index contributed by atoms with van der Waals surface area (Å²) in [6.07, 6.45) is 3.37. The third kappa shape index (κ3) is 3.89. The number of hydrogen-bond acceptors (Lipinski definition) is 2. The fourth-order valence-corrected chi connectivity index (χ4v) is 6.02. The van der Waals surface area contributed by atoms with Crippen molar-refractivity contribution in [2.24, 2.45) is 10.8 Å². The normalized spacial score (nSPS) is 24.2. The predicted molar refractivity (Wildman–Crippen MR) is 126 cm³/mol. The van der Waals surface area contributed by atoms with Gasteiger partial charge >= 0.3 is 0 Å². The first-order valence-electron chi connectivity index (χ1n) is 11.3. The zero-order chi connectivity index (χ0) is 21.6. The van der Waals surface area contributed by atoms with Crippen LogP contribution in [0.25, 0.3) is 22.4 Å². The minimum atomic E-state index is 0.0779. The van der Waals surface area contributed by atoms with E-state index in [0.717, 1.165) is 30.6 Å². The average Bonchev–Trinajstić information content (AvgIpc) is 3.02. The van der Waals surface area contributed by atoms with Crippen LogP contribution in [0.5, 0.6) is 0 Å². The van der Waals surface area contributed by atoms with Gasteiger partial charge in [0.1, 0.15) is 5.69 Å². The van der Waals surface area contributed by atoms with E-state index in [0.29, 0.717) is 17.2 Å². The molecule has 2 atom stereocenters. The van der Waals surface area contributed by atoms with Gasteiger partial charge < -0.3 is 4.90 Å². The van der Waals surface area contributed by atoms with Crippen molar-refractivity contribution in [2.75, 3.05) is 6.54 Å².